The molecule has 3 atom stereocenters. The first-order chi connectivity index (χ1) is 8.93. The minimum atomic E-state index is -4.11. The highest BCUT2D eigenvalue weighted by Gasteiger charge is 2.44. The van der Waals surface area contributed by atoms with E-state index in [1.807, 2.05) is 5.38 Å². The molecule has 0 aromatic carbocycles. The molecule has 0 amide bonds. The van der Waals surface area contributed by atoms with E-state index >= 15 is 0 Å². The molecule has 19 heavy (non-hydrogen) atoms. The van der Waals surface area contributed by atoms with Gasteiger partial charge in [0, 0.05) is 4.88 Å². The first-order valence-corrected chi connectivity index (χ1v) is 7.45. The normalized spacial score (nSPS) is 26.4. The number of hydrogen-bond acceptors (Lipinski definition) is 3. The summed E-state index contributed by atoms with van der Waals surface area (Å²) in [6.07, 6.45) is -2.45. The fraction of sp³-hybridized carbons (Fsp3) is 0.667. The fourth-order valence-electron chi connectivity index (χ4n) is 2.78. The van der Waals surface area contributed by atoms with Crippen LogP contribution in [0.2, 0.25) is 5.02 Å². The van der Waals surface area contributed by atoms with Crippen molar-refractivity contribution >= 4 is 22.9 Å². The third-order valence-electron chi connectivity index (χ3n) is 3.76. The molecule has 0 aliphatic heterocycles. The Hall–Kier alpha value is -0.300. The third kappa shape index (κ3) is 3.42. The van der Waals surface area contributed by atoms with Gasteiger partial charge in [0.25, 0.3) is 0 Å². The first kappa shape index (κ1) is 15.1. The van der Waals surface area contributed by atoms with Crippen LogP contribution in [0.5, 0.6) is 0 Å². The second-order valence-electron chi connectivity index (χ2n) is 4.94. The van der Waals surface area contributed by atoms with Gasteiger partial charge in [0.05, 0.1) is 17.0 Å². The number of hydrogen-bond donors (Lipinski definition) is 2. The molecular formula is C12H16ClF3N2S. The van der Waals surface area contributed by atoms with Crippen LogP contribution in [0.1, 0.15) is 36.6 Å². The van der Waals surface area contributed by atoms with Gasteiger partial charge in [-0.3, -0.25) is 11.3 Å². The summed E-state index contributed by atoms with van der Waals surface area (Å²) in [7, 11) is 0. The summed E-state index contributed by atoms with van der Waals surface area (Å²) in [4.78, 5) is 0.831. The molecule has 1 fully saturated rings. The van der Waals surface area contributed by atoms with Gasteiger partial charge < -0.3 is 0 Å². The minimum Gasteiger partial charge on any atom is -0.271 e. The summed E-state index contributed by atoms with van der Waals surface area (Å²) in [5.41, 5.74) is 2.65. The molecule has 1 saturated carbocycles. The Balaban J connectivity index is 2.13. The molecule has 3 unspecified atom stereocenters. The van der Waals surface area contributed by atoms with Crippen LogP contribution in [0.15, 0.2) is 11.4 Å². The van der Waals surface area contributed by atoms with Gasteiger partial charge in [-0.15, -0.1) is 11.3 Å². The Bertz CT molecular complexity index is 421. The van der Waals surface area contributed by atoms with Crippen LogP contribution in [0.4, 0.5) is 13.2 Å². The van der Waals surface area contributed by atoms with E-state index in [2.05, 4.69) is 5.43 Å². The second kappa shape index (κ2) is 5.99. The van der Waals surface area contributed by atoms with Crippen LogP contribution in [0.25, 0.3) is 0 Å². The lowest BCUT2D eigenvalue weighted by atomic mass is 9.77. The van der Waals surface area contributed by atoms with Gasteiger partial charge in [-0.1, -0.05) is 18.0 Å². The molecule has 2 nitrogen and oxygen atoms in total. The Morgan fingerprint density at radius 1 is 1.42 bits per heavy atom. The van der Waals surface area contributed by atoms with Crippen molar-refractivity contribution < 1.29 is 13.2 Å². The quantitative estimate of drug-likeness (QED) is 0.646. The van der Waals surface area contributed by atoms with Crippen molar-refractivity contribution in [3.8, 4) is 0 Å². The highest BCUT2D eigenvalue weighted by molar-refractivity contribution is 7.10. The van der Waals surface area contributed by atoms with Crippen molar-refractivity contribution in [2.75, 3.05) is 0 Å². The van der Waals surface area contributed by atoms with Gasteiger partial charge >= 0.3 is 6.18 Å². The Morgan fingerprint density at radius 2 is 2.16 bits per heavy atom. The van der Waals surface area contributed by atoms with E-state index in [4.69, 9.17) is 17.4 Å². The third-order valence-corrected chi connectivity index (χ3v) is 5.20. The maximum Gasteiger partial charge on any atom is 0.391 e. The largest absolute Gasteiger partial charge is 0.391 e. The highest BCUT2D eigenvalue weighted by Crippen LogP contribution is 2.45. The number of alkyl halides is 3. The molecular weight excluding hydrogens is 297 g/mol. The monoisotopic (exact) mass is 312 g/mol. The lowest BCUT2D eigenvalue weighted by Gasteiger charge is -2.34. The predicted octanol–water partition coefficient (Wildman–Crippen LogP) is 4.27. The minimum absolute atomic E-state index is 0.118. The van der Waals surface area contributed by atoms with Gasteiger partial charge in [-0.25, -0.2) is 0 Å². The Morgan fingerprint density at radius 3 is 2.68 bits per heavy atom. The summed E-state index contributed by atoms with van der Waals surface area (Å²) >= 11 is 7.48. The van der Waals surface area contributed by atoms with Crippen LogP contribution in [-0.4, -0.2) is 6.18 Å². The molecule has 2 rings (SSSR count). The first-order valence-electron chi connectivity index (χ1n) is 6.19. The summed E-state index contributed by atoms with van der Waals surface area (Å²) in [6.45, 7) is 0. The Labute approximate surface area is 119 Å². The van der Waals surface area contributed by atoms with E-state index in [1.165, 1.54) is 11.3 Å². The van der Waals surface area contributed by atoms with Gasteiger partial charge in [-0.05, 0) is 36.6 Å². The zero-order valence-electron chi connectivity index (χ0n) is 10.2. The molecule has 1 heterocycles. The summed E-state index contributed by atoms with van der Waals surface area (Å²) in [5, 5.41) is 2.40. The fourth-order valence-corrected chi connectivity index (χ4v) is 4.11. The van der Waals surface area contributed by atoms with Crippen LogP contribution < -0.4 is 11.3 Å². The predicted molar refractivity (Wildman–Crippen MR) is 70.9 cm³/mol. The van der Waals surface area contributed by atoms with Crippen molar-refractivity contribution in [3.63, 3.8) is 0 Å². The average molecular weight is 313 g/mol. The van der Waals surface area contributed by atoms with E-state index in [9.17, 15) is 13.2 Å². The molecule has 0 spiro atoms. The van der Waals surface area contributed by atoms with Crippen LogP contribution >= 0.6 is 22.9 Å². The smallest absolute Gasteiger partial charge is 0.271 e. The van der Waals surface area contributed by atoms with Crippen LogP contribution in [0.3, 0.4) is 0 Å². The number of halogens is 4. The SMILES string of the molecule is NNC(c1sccc1Cl)C1CCCC(C(F)(F)F)C1. The molecule has 1 aromatic heterocycles. The van der Waals surface area contributed by atoms with Gasteiger partial charge in [0.2, 0.25) is 0 Å². The van der Waals surface area contributed by atoms with Crippen molar-refractivity contribution in [1.82, 2.24) is 5.43 Å². The Kier molecular flexibility index (Phi) is 4.76. The zero-order chi connectivity index (χ0) is 14.0. The standard InChI is InChI=1S/C12H16ClF3N2S/c13-9-4-5-19-11(9)10(18-17)7-2-1-3-8(6-7)12(14,15)16/h4-5,7-8,10,18H,1-3,6,17H2. The maximum absolute atomic E-state index is 12.8. The van der Waals surface area contributed by atoms with Crippen molar-refractivity contribution in [3.05, 3.63) is 21.3 Å². The second-order valence-corrected chi connectivity index (χ2v) is 6.30. The molecule has 1 aromatic rings. The van der Waals surface area contributed by atoms with E-state index < -0.39 is 12.1 Å². The molecule has 3 N–H and O–H groups in total. The van der Waals surface area contributed by atoms with E-state index in [0.29, 0.717) is 11.4 Å². The van der Waals surface area contributed by atoms with E-state index in [1.54, 1.807) is 6.07 Å². The molecule has 1 aliphatic rings. The molecule has 7 heteroatoms. The molecule has 0 bridgehead atoms. The molecule has 0 radical (unpaired) electrons. The number of nitrogens with two attached hydrogens (primary N) is 1. The van der Waals surface area contributed by atoms with Crippen LogP contribution in [0, 0.1) is 11.8 Å². The highest BCUT2D eigenvalue weighted by atomic mass is 35.5. The number of hydrazine groups is 1. The maximum atomic E-state index is 12.8. The molecule has 0 saturated heterocycles. The lowest BCUT2D eigenvalue weighted by molar-refractivity contribution is -0.186. The number of thiophene rings is 1. The van der Waals surface area contributed by atoms with Crippen LogP contribution in [-0.2, 0) is 0 Å². The number of rotatable bonds is 3. The van der Waals surface area contributed by atoms with E-state index in [0.717, 1.165) is 11.3 Å². The van der Waals surface area contributed by atoms with E-state index in [-0.39, 0.29) is 24.8 Å². The topological polar surface area (TPSA) is 38.0 Å². The van der Waals surface area contributed by atoms with Gasteiger partial charge in [0.1, 0.15) is 0 Å². The lowest BCUT2D eigenvalue weighted by Crippen LogP contribution is -2.38. The average Bonchev–Trinajstić information content (AvgIpc) is 2.76. The zero-order valence-corrected chi connectivity index (χ0v) is 11.8. The summed E-state index contributed by atoms with van der Waals surface area (Å²) in [5.74, 6) is 4.19. The van der Waals surface area contributed by atoms with Crippen molar-refractivity contribution in [2.45, 2.75) is 37.9 Å². The summed E-state index contributed by atoms with van der Waals surface area (Å²) in [6, 6.07) is 1.45. The van der Waals surface area contributed by atoms with Gasteiger partial charge in [0.15, 0.2) is 0 Å². The summed E-state index contributed by atoms with van der Waals surface area (Å²) < 4.78 is 38.5. The molecule has 1 aliphatic carbocycles. The van der Waals surface area contributed by atoms with Gasteiger partial charge in [-0.2, -0.15) is 13.2 Å². The van der Waals surface area contributed by atoms with Crippen molar-refractivity contribution in [1.29, 1.82) is 0 Å². The van der Waals surface area contributed by atoms with Crippen molar-refractivity contribution in [2.24, 2.45) is 17.7 Å². The number of nitrogens with one attached hydrogen (secondary N) is 1. The molecule has 108 valence electrons.